The van der Waals surface area contributed by atoms with Gasteiger partial charge < -0.3 is 19.9 Å². The molecule has 3 rings (SSSR count). The van der Waals surface area contributed by atoms with Gasteiger partial charge in [0.2, 0.25) is 17.7 Å². The number of carbonyl (C=O) groups excluding carboxylic acids is 3. The molecule has 1 fully saturated rings. The molecule has 0 unspecified atom stereocenters. The molecule has 0 aromatic heterocycles. The summed E-state index contributed by atoms with van der Waals surface area (Å²) in [4.78, 5) is 39.5. The number of aryl methyl sites for hydroxylation is 1. The monoisotopic (exact) mass is 345 g/mol. The van der Waals surface area contributed by atoms with Gasteiger partial charge >= 0.3 is 0 Å². The Labute approximate surface area is 146 Å². The number of rotatable bonds is 5. The first kappa shape index (κ1) is 17.4. The number of hydrogen-bond donors (Lipinski definition) is 1. The number of fused-ring (bicyclic) bond motifs is 1. The van der Waals surface area contributed by atoms with Crippen LogP contribution >= 0.6 is 0 Å². The highest BCUT2D eigenvalue weighted by molar-refractivity contribution is 5.99. The van der Waals surface area contributed by atoms with Crippen molar-refractivity contribution in [1.29, 1.82) is 0 Å². The van der Waals surface area contributed by atoms with Crippen molar-refractivity contribution >= 4 is 29.1 Å². The molecule has 0 radical (unpaired) electrons. The summed E-state index contributed by atoms with van der Waals surface area (Å²) >= 11 is 0. The first-order valence-electron chi connectivity index (χ1n) is 8.46. The first-order valence-corrected chi connectivity index (χ1v) is 8.46. The average Bonchev–Trinajstić information content (AvgIpc) is 2.97. The predicted molar refractivity (Wildman–Crippen MR) is 93.4 cm³/mol. The fourth-order valence-corrected chi connectivity index (χ4v) is 3.34. The van der Waals surface area contributed by atoms with E-state index in [2.05, 4.69) is 5.32 Å². The molecule has 7 nitrogen and oxygen atoms in total. The van der Waals surface area contributed by atoms with Crippen LogP contribution in [0.1, 0.15) is 18.4 Å². The largest absolute Gasteiger partial charge is 0.383 e. The number of methoxy groups -OCH3 is 1. The minimum atomic E-state index is -0.343. The fraction of sp³-hybridized carbons (Fsp3) is 0.500. The predicted octanol–water partition coefficient (Wildman–Crippen LogP) is 1.03. The fourth-order valence-electron chi connectivity index (χ4n) is 3.34. The molecule has 3 amide bonds. The zero-order valence-electron chi connectivity index (χ0n) is 14.6. The van der Waals surface area contributed by atoms with E-state index in [0.29, 0.717) is 38.2 Å². The zero-order chi connectivity index (χ0) is 18.0. The molecule has 134 valence electrons. The van der Waals surface area contributed by atoms with Crippen LogP contribution in [0.25, 0.3) is 0 Å². The van der Waals surface area contributed by atoms with Gasteiger partial charge in [0.15, 0.2) is 0 Å². The number of carbonyl (C=O) groups is 3. The highest BCUT2D eigenvalue weighted by atomic mass is 16.5. The molecule has 0 aliphatic carbocycles. The highest BCUT2D eigenvalue weighted by Gasteiger charge is 2.34. The number of hydrogen-bond acceptors (Lipinski definition) is 4. The van der Waals surface area contributed by atoms with E-state index in [9.17, 15) is 14.4 Å². The van der Waals surface area contributed by atoms with Crippen LogP contribution in [0.4, 0.5) is 11.4 Å². The maximum atomic E-state index is 12.5. The lowest BCUT2D eigenvalue weighted by molar-refractivity contribution is -0.128. The third kappa shape index (κ3) is 3.66. The summed E-state index contributed by atoms with van der Waals surface area (Å²) in [5.41, 5.74) is 2.63. The topological polar surface area (TPSA) is 79.0 Å². The van der Waals surface area contributed by atoms with Gasteiger partial charge in [0.1, 0.15) is 0 Å². The Morgan fingerprint density at radius 3 is 2.84 bits per heavy atom. The molecule has 2 heterocycles. The van der Waals surface area contributed by atoms with Gasteiger partial charge in [-0.1, -0.05) is 0 Å². The number of nitrogens with zero attached hydrogens (tertiary/aromatic N) is 2. The van der Waals surface area contributed by atoms with Crippen molar-refractivity contribution in [2.75, 3.05) is 44.1 Å². The number of benzene rings is 1. The van der Waals surface area contributed by atoms with Crippen LogP contribution in [0.15, 0.2) is 18.2 Å². The van der Waals surface area contributed by atoms with Gasteiger partial charge in [-0.25, -0.2) is 0 Å². The molecule has 2 aliphatic heterocycles. The molecule has 1 saturated heterocycles. The summed E-state index contributed by atoms with van der Waals surface area (Å²) in [6, 6.07) is 5.56. The molecule has 7 heteroatoms. The molecular weight excluding hydrogens is 322 g/mol. The summed E-state index contributed by atoms with van der Waals surface area (Å²) in [5.74, 6) is -0.397. The second kappa shape index (κ2) is 7.23. The third-order valence-electron chi connectivity index (χ3n) is 4.84. The van der Waals surface area contributed by atoms with Gasteiger partial charge in [0.25, 0.3) is 0 Å². The Bertz CT molecular complexity index is 704. The SMILES string of the molecule is COCCN1C[C@H](C(=O)Nc2ccc3c(c2)CCC(=O)N3C)CC1=O. The van der Waals surface area contributed by atoms with E-state index in [-0.39, 0.29) is 30.1 Å². The summed E-state index contributed by atoms with van der Waals surface area (Å²) in [5, 5.41) is 2.90. The summed E-state index contributed by atoms with van der Waals surface area (Å²) in [7, 11) is 3.35. The van der Waals surface area contributed by atoms with Gasteiger partial charge in [-0.2, -0.15) is 0 Å². The molecule has 0 saturated carbocycles. The van der Waals surface area contributed by atoms with Crippen LogP contribution in [-0.2, 0) is 25.5 Å². The van der Waals surface area contributed by atoms with Gasteiger partial charge in [-0.3, -0.25) is 14.4 Å². The van der Waals surface area contributed by atoms with Crippen molar-refractivity contribution in [2.45, 2.75) is 19.3 Å². The zero-order valence-corrected chi connectivity index (χ0v) is 14.6. The van der Waals surface area contributed by atoms with Crippen LogP contribution in [-0.4, -0.2) is 56.5 Å². The average molecular weight is 345 g/mol. The summed E-state index contributed by atoms with van der Waals surface area (Å²) in [6.45, 7) is 1.41. The van der Waals surface area contributed by atoms with Gasteiger partial charge in [-0.15, -0.1) is 0 Å². The van der Waals surface area contributed by atoms with E-state index in [1.165, 1.54) is 0 Å². The maximum absolute atomic E-state index is 12.5. The normalized spacial score (nSPS) is 20.0. The second-order valence-electron chi connectivity index (χ2n) is 6.52. The quantitative estimate of drug-likeness (QED) is 0.864. The smallest absolute Gasteiger partial charge is 0.229 e. The minimum Gasteiger partial charge on any atom is -0.383 e. The van der Waals surface area contributed by atoms with Crippen molar-refractivity contribution in [2.24, 2.45) is 5.92 Å². The van der Waals surface area contributed by atoms with Crippen LogP contribution in [0.3, 0.4) is 0 Å². The van der Waals surface area contributed by atoms with E-state index in [0.717, 1.165) is 11.3 Å². The Morgan fingerprint density at radius 2 is 2.08 bits per heavy atom. The molecule has 1 atom stereocenters. The Balaban J connectivity index is 1.64. The first-order chi connectivity index (χ1) is 12.0. The van der Waals surface area contributed by atoms with Crippen molar-refractivity contribution in [3.05, 3.63) is 23.8 Å². The lowest BCUT2D eigenvalue weighted by Crippen LogP contribution is -2.31. The standard InChI is InChI=1S/C18H23N3O4/c1-20-15-5-4-14(9-12(15)3-6-16(20)22)19-18(24)13-10-17(23)21(11-13)7-8-25-2/h4-5,9,13H,3,6-8,10-11H2,1-2H3,(H,19,24)/t13-/m1/s1. The molecule has 1 aromatic rings. The van der Waals surface area contributed by atoms with E-state index in [1.807, 2.05) is 12.1 Å². The Morgan fingerprint density at radius 1 is 1.28 bits per heavy atom. The highest BCUT2D eigenvalue weighted by Crippen LogP contribution is 2.29. The Hall–Kier alpha value is -2.41. The van der Waals surface area contributed by atoms with Crippen molar-refractivity contribution in [3.8, 4) is 0 Å². The molecule has 0 spiro atoms. The number of ether oxygens (including phenoxy) is 1. The third-order valence-corrected chi connectivity index (χ3v) is 4.84. The van der Waals surface area contributed by atoms with Gasteiger partial charge in [0, 0.05) is 51.5 Å². The molecule has 0 bridgehead atoms. The number of likely N-dealkylation sites (tertiary alicyclic amines) is 1. The van der Waals surface area contributed by atoms with Crippen LogP contribution in [0.5, 0.6) is 0 Å². The van der Waals surface area contributed by atoms with Crippen molar-refractivity contribution in [3.63, 3.8) is 0 Å². The lowest BCUT2D eigenvalue weighted by Gasteiger charge is -2.26. The second-order valence-corrected chi connectivity index (χ2v) is 6.52. The summed E-state index contributed by atoms with van der Waals surface area (Å²) in [6.07, 6.45) is 1.39. The van der Waals surface area contributed by atoms with Crippen LogP contribution in [0.2, 0.25) is 0 Å². The number of anilines is 2. The number of nitrogens with one attached hydrogen (secondary N) is 1. The maximum Gasteiger partial charge on any atom is 0.229 e. The lowest BCUT2D eigenvalue weighted by atomic mass is 10.0. The van der Waals surface area contributed by atoms with E-state index in [1.54, 1.807) is 30.0 Å². The van der Waals surface area contributed by atoms with Crippen LogP contribution < -0.4 is 10.2 Å². The van der Waals surface area contributed by atoms with E-state index in [4.69, 9.17) is 4.74 Å². The minimum absolute atomic E-state index is 0.0113. The van der Waals surface area contributed by atoms with Gasteiger partial charge in [0.05, 0.1) is 12.5 Å². The Kier molecular flexibility index (Phi) is 5.03. The van der Waals surface area contributed by atoms with Crippen LogP contribution in [0, 0.1) is 5.92 Å². The van der Waals surface area contributed by atoms with E-state index >= 15 is 0 Å². The van der Waals surface area contributed by atoms with Crippen molar-refractivity contribution < 1.29 is 19.1 Å². The molecule has 25 heavy (non-hydrogen) atoms. The van der Waals surface area contributed by atoms with E-state index < -0.39 is 0 Å². The number of amides is 3. The molecule has 1 aromatic carbocycles. The molecule has 2 aliphatic rings. The molecule has 1 N–H and O–H groups in total. The molecular formula is C18H23N3O4. The van der Waals surface area contributed by atoms with Gasteiger partial charge in [-0.05, 0) is 30.2 Å². The van der Waals surface area contributed by atoms with Crippen molar-refractivity contribution in [1.82, 2.24) is 4.90 Å². The summed E-state index contributed by atoms with van der Waals surface area (Å²) < 4.78 is 4.99.